The molecule has 13 nitrogen and oxygen atoms in total. The van der Waals surface area contributed by atoms with Crippen LogP contribution in [0.5, 0.6) is 5.75 Å². The van der Waals surface area contributed by atoms with Gasteiger partial charge in [-0.25, -0.2) is 15.2 Å². The minimum Gasteiger partial charge on any atom is -0.502 e. The maximum atomic E-state index is 12.3. The number of nitrogens with zero attached hydrogens (tertiary/aromatic N) is 6. The molecule has 0 atom stereocenters. The molecule has 0 saturated heterocycles. The highest BCUT2D eigenvalue weighted by atomic mass is 16.6. The fourth-order valence-corrected chi connectivity index (χ4v) is 2.65. The predicted octanol–water partition coefficient (Wildman–Crippen LogP) is -0.802. The Morgan fingerprint density at radius 1 is 1.34 bits per heavy atom. The lowest BCUT2D eigenvalue weighted by Crippen LogP contribution is -2.38. The lowest BCUT2D eigenvalue weighted by molar-refractivity contribution is -0.385. The van der Waals surface area contributed by atoms with Crippen molar-refractivity contribution in [3.8, 4) is 5.75 Å². The molecule has 0 radical (unpaired) electrons. The van der Waals surface area contributed by atoms with Gasteiger partial charge in [0.2, 0.25) is 0 Å². The summed E-state index contributed by atoms with van der Waals surface area (Å²) in [5, 5.41) is 23.9. The Labute approximate surface area is 161 Å². The first-order valence-corrected chi connectivity index (χ1v) is 8.11. The molecule has 0 bridgehead atoms. The average Bonchev–Trinajstić information content (AvgIpc) is 3.09. The predicted molar refractivity (Wildman–Crippen MR) is 101 cm³/mol. The summed E-state index contributed by atoms with van der Waals surface area (Å²) in [5.41, 5.74) is 1.12. The van der Waals surface area contributed by atoms with Gasteiger partial charge in [-0.15, -0.1) is 0 Å². The fraction of sp³-hybridized carbons (Fsp3) is 0.188. The van der Waals surface area contributed by atoms with Gasteiger partial charge in [-0.2, -0.15) is 5.10 Å². The smallest absolute Gasteiger partial charge is 0.332 e. The highest BCUT2D eigenvalue weighted by Crippen LogP contribution is 2.25. The van der Waals surface area contributed by atoms with Gasteiger partial charge in [-0.05, 0) is 12.1 Å². The van der Waals surface area contributed by atoms with Gasteiger partial charge in [-0.3, -0.25) is 28.8 Å². The number of aromatic nitrogens is 4. The summed E-state index contributed by atoms with van der Waals surface area (Å²) < 4.78 is 3.39. The molecule has 0 spiro atoms. The van der Waals surface area contributed by atoms with Crippen molar-refractivity contribution in [2.75, 3.05) is 0 Å². The Balaban J connectivity index is 1.78. The minimum atomic E-state index is -0.747. The molecule has 0 saturated carbocycles. The standard InChI is InChI=1S/C16H15N7O6/c1-20-14-13(15(26)21(2)16(20)27)22(8-17-14)7-12(25)19-18-6-9-3-4-11(24)10(5-9)23(28)29/h3-6,8,24H,7H2,1-2H3,(H,19,25)/b18-6-. The number of carbonyl (C=O) groups is 1. The lowest BCUT2D eigenvalue weighted by Gasteiger charge is -2.06. The normalized spacial score (nSPS) is 11.2. The Kier molecular flexibility index (Phi) is 4.95. The molecule has 1 amide bonds. The minimum absolute atomic E-state index is 0.0860. The van der Waals surface area contributed by atoms with Crippen LogP contribution in [-0.4, -0.2) is 40.8 Å². The van der Waals surface area contributed by atoms with Gasteiger partial charge >= 0.3 is 11.4 Å². The molecule has 3 aromatic rings. The van der Waals surface area contributed by atoms with Crippen LogP contribution in [0.3, 0.4) is 0 Å². The van der Waals surface area contributed by atoms with E-state index < -0.39 is 33.5 Å². The van der Waals surface area contributed by atoms with Crippen molar-refractivity contribution in [2.45, 2.75) is 6.54 Å². The van der Waals surface area contributed by atoms with Gasteiger partial charge in [0, 0.05) is 25.7 Å². The Morgan fingerprint density at radius 2 is 2.07 bits per heavy atom. The maximum absolute atomic E-state index is 12.3. The van der Waals surface area contributed by atoms with Gasteiger partial charge in [0.15, 0.2) is 16.9 Å². The molecule has 13 heteroatoms. The number of hydrogen-bond donors (Lipinski definition) is 2. The van der Waals surface area contributed by atoms with Crippen molar-refractivity contribution in [1.82, 2.24) is 24.1 Å². The third-order valence-electron chi connectivity index (χ3n) is 4.13. The zero-order chi connectivity index (χ0) is 21.3. The Hall–Kier alpha value is -4.29. The number of aromatic hydroxyl groups is 1. The van der Waals surface area contributed by atoms with Crippen molar-refractivity contribution in [3.05, 3.63) is 61.0 Å². The highest BCUT2D eigenvalue weighted by molar-refractivity contribution is 5.84. The quantitative estimate of drug-likeness (QED) is 0.320. The number of phenolic OH excluding ortho intramolecular Hbond substituents is 1. The van der Waals surface area contributed by atoms with E-state index in [0.717, 1.165) is 16.7 Å². The number of aryl methyl sites for hydroxylation is 1. The number of imidazole rings is 1. The number of fused-ring (bicyclic) bond motifs is 1. The summed E-state index contributed by atoms with van der Waals surface area (Å²) in [6.45, 7) is -0.295. The number of hydrogen-bond acceptors (Lipinski definition) is 8. The second kappa shape index (κ2) is 7.38. The van der Waals surface area contributed by atoms with E-state index in [0.29, 0.717) is 0 Å². The van der Waals surface area contributed by atoms with E-state index in [2.05, 4.69) is 15.5 Å². The van der Waals surface area contributed by atoms with Crippen molar-refractivity contribution in [1.29, 1.82) is 0 Å². The molecule has 150 valence electrons. The topological polar surface area (TPSA) is 167 Å². The van der Waals surface area contributed by atoms with Crippen LogP contribution in [0.15, 0.2) is 39.2 Å². The Bertz CT molecular complexity index is 1280. The van der Waals surface area contributed by atoms with Crippen LogP contribution in [0, 0.1) is 10.1 Å². The molecular weight excluding hydrogens is 386 g/mol. The van der Waals surface area contributed by atoms with Gasteiger partial charge in [0.1, 0.15) is 6.54 Å². The molecule has 1 aromatic carbocycles. The highest BCUT2D eigenvalue weighted by Gasteiger charge is 2.16. The molecule has 2 N–H and O–H groups in total. The molecule has 3 rings (SSSR count). The number of rotatable bonds is 5. The van der Waals surface area contributed by atoms with E-state index in [1.807, 2.05) is 0 Å². The summed E-state index contributed by atoms with van der Waals surface area (Å²) in [5.74, 6) is -1.08. The van der Waals surface area contributed by atoms with Crippen LogP contribution in [0.2, 0.25) is 0 Å². The average molecular weight is 401 g/mol. The van der Waals surface area contributed by atoms with Crippen molar-refractivity contribution < 1.29 is 14.8 Å². The maximum Gasteiger partial charge on any atom is 0.332 e. The van der Waals surface area contributed by atoms with Crippen LogP contribution in [0.4, 0.5) is 5.69 Å². The van der Waals surface area contributed by atoms with Crippen LogP contribution in [0.25, 0.3) is 11.2 Å². The summed E-state index contributed by atoms with van der Waals surface area (Å²) in [4.78, 5) is 50.4. The molecule has 0 unspecified atom stereocenters. The number of nitrogens with one attached hydrogen (secondary N) is 1. The lowest BCUT2D eigenvalue weighted by atomic mass is 10.2. The van der Waals surface area contributed by atoms with E-state index in [9.17, 15) is 29.6 Å². The molecule has 0 fully saturated rings. The summed E-state index contributed by atoms with van der Waals surface area (Å²) in [6, 6.07) is 3.61. The summed E-state index contributed by atoms with van der Waals surface area (Å²) in [6.07, 6.45) is 2.43. The summed E-state index contributed by atoms with van der Waals surface area (Å²) >= 11 is 0. The van der Waals surface area contributed by atoms with Crippen molar-refractivity contribution >= 4 is 29.0 Å². The zero-order valence-corrected chi connectivity index (χ0v) is 15.3. The Morgan fingerprint density at radius 3 is 2.76 bits per heavy atom. The monoisotopic (exact) mass is 401 g/mol. The van der Waals surface area contributed by atoms with Crippen molar-refractivity contribution in [2.24, 2.45) is 19.2 Å². The summed E-state index contributed by atoms with van der Waals surface area (Å²) in [7, 11) is 2.78. The van der Waals surface area contributed by atoms with E-state index in [1.54, 1.807) is 0 Å². The molecule has 0 aliphatic heterocycles. The number of hydrazone groups is 1. The van der Waals surface area contributed by atoms with Crippen LogP contribution >= 0.6 is 0 Å². The number of nitro groups is 1. The van der Waals surface area contributed by atoms with Gasteiger partial charge in [0.25, 0.3) is 11.5 Å². The number of carbonyl (C=O) groups excluding carboxylic acids is 1. The SMILES string of the molecule is Cn1c(=O)c2c(ncn2CC(=O)N/N=C\c2ccc(O)c([N+](=O)[O-])c2)n(C)c1=O. The van der Waals surface area contributed by atoms with Crippen molar-refractivity contribution in [3.63, 3.8) is 0 Å². The molecule has 2 heterocycles. The number of nitro benzene ring substituents is 1. The van der Waals surface area contributed by atoms with E-state index in [4.69, 9.17) is 0 Å². The van der Waals surface area contributed by atoms with Gasteiger partial charge in [0.05, 0.1) is 17.5 Å². The molecule has 2 aromatic heterocycles. The van der Waals surface area contributed by atoms with Crippen LogP contribution < -0.4 is 16.7 Å². The van der Waals surface area contributed by atoms with E-state index >= 15 is 0 Å². The van der Waals surface area contributed by atoms with Crippen LogP contribution in [0.1, 0.15) is 5.56 Å². The second-order valence-corrected chi connectivity index (χ2v) is 6.05. The molecule has 0 aliphatic rings. The first-order valence-electron chi connectivity index (χ1n) is 8.11. The fourth-order valence-electron chi connectivity index (χ4n) is 2.65. The van der Waals surface area contributed by atoms with E-state index in [1.165, 1.54) is 41.8 Å². The van der Waals surface area contributed by atoms with Gasteiger partial charge in [-0.1, -0.05) is 0 Å². The third kappa shape index (κ3) is 3.60. The first kappa shape index (κ1) is 19.5. The second-order valence-electron chi connectivity index (χ2n) is 6.05. The number of benzene rings is 1. The van der Waals surface area contributed by atoms with Gasteiger partial charge < -0.3 is 9.67 Å². The molecule has 29 heavy (non-hydrogen) atoms. The largest absolute Gasteiger partial charge is 0.502 e. The number of amides is 1. The zero-order valence-electron chi connectivity index (χ0n) is 15.3. The van der Waals surface area contributed by atoms with E-state index in [-0.39, 0.29) is 23.3 Å². The first-order chi connectivity index (χ1) is 13.7. The third-order valence-corrected chi connectivity index (χ3v) is 4.13. The molecule has 0 aliphatic carbocycles. The number of phenols is 1. The molecular formula is C16H15N7O6. The van der Waals surface area contributed by atoms with Crippen LogP contribution in [-0.2, 0) is 25.4 Å².